The number of nitriles is 1. The van der Waals surface area contributed by atoms with Crippen LogP contribution in [0.3, 0.4) is 0 Å². The van der Waals surface area contributed by atoms with Crippen LogP contribution in [0.4, 0.5) is 5.82 Å². The van der Waals surface area contributed by atoms with Gasteiger partial charge in [-0.2, -0.15) is 5.26 Å². The molecule has 1 aliphatic carbocycles. The summed E-state index contributed by atoms with van der Waals surface area (Å²) >= 11 is 3.64. The maximum atomic E-state index is 9.79. The molecule has 0 spiro atoms. The van der Waals surface area contributed by atoms with Crippen LogP contribution in [0, 0.1) is 11.3 Å². The van der Waals surface area contributed by atoms with Gasteiger partial charge in [0.25, 0.3) is 0 Å². The topological polar surface area (TPSA) is 62.7 Å². The Labute approximate surface area is 161 Å². The number of nitrogens with zero attached hydrogens (tertiary/aromatic N) is 2. The summed E-state index contributed by atoms with van der Waals surface area (Å²) in [5.41, 5.74) is 12.8. The van der Waals surface area contributed by atoms with E-state index in [1.165, 1.54) is 5.56 Å². The first kappa shape index (κ1) is 16.8. The van der Waals surface area contributed by atoms with Crippen molar-refractivity contribution < 1.29 is 0 Å². The Balaban J connectivity index is 2.15. The molecule has 1 aromatic heterocycles. The smallest absolute Gasteiger partial charge is 0.142 e. The van der Waals surface area contributed by atoms with Gasteiger partial charge in [-0.3, -0.25) is 0 Å². The Hall–Kier alpha value is -2.64. The van der Waals surface area contributed by atoms with Crippen molar-refractivity contribution in [2.24, 2.45) is 0 Å². The van der Waals surface area contributed by atoms with E-state index in [4.69, 9.17) is 5.73 Å². The van der Waals surface area contributed by atoms with E-state index in [0.29, 0.717) is 5.56 Å². The highest BCUT2D eigenvalue weighted by molar-refractivity contribution is 9.10. The van der Waals surface area contributed by atoms with Crippen LogP contribution in [0.5, 0.6) is 0 Å². The number of nitrogen functional groups attached to an aromatic ring is 1. The van der Waals surface area contributed by atoms with Crippen molar-refractivity contribution >= 4 is 21.7 Å². The maximum Gasteiger partial charge on any atom is 0.142 e. The van der Waals surface area contributed by atoms with Crippen molar-refractivity contribution in [3.63, 3.8) is 0 Å². The largest absolute Gasteiger partial charge is 0.383 e. The second-order valence-electron chi connectivity index (χ2n) is 7.27. The zero-order valence-corrected chi connectivity index (χ0v) is 16.3. The minimum Gasteiger partial charge on any atom is -0.383 e. The maximum absolute atomic E-state index is 9.79. The van der Waals surface area contributed by atoms with Gasteiger partial charge in [0.1, 0.15) is 17.5 Å². The van der Waals surface area contributed by atoms with E-state index in [1.54, 1.807) is 0 Å². The minimum absolute atomic E-state index is 0.0515. The van der Waals surface area contributed by atoms with Crippen LogP contribution in [-0.4, -0.2) is 4.98 Å². The van der Waals surface area contributed by atoms with Gasteiger partial charge in [0.2, 0.25) is 0 Å². The van der Waals surface area contributed by atoms with E-state index in [-0.39, 0.29) is 11.2 Å². The fourth-order valence-electron chi connectivity index (χ4n) is 3.93. The number of hydrogen-bond donors (Lipinski definition) is 1. The number of fused-ring (bicyclic) bond motifs is 3. The van der Waals surface area contributed by atoms with Gasteiger partial charge in [0, 0.05) is 15.6 Å². The van der Waals surface area contributed by atoms with Crippen molar-refractivity contribution in [2.75, 3.05) is 5.73 Å². The van der Waals surface area contributed by atoms with Crippen LogP contribution >= 0.6 is 15.9 Å². The SMILES string of the molecule is CC1(C)Cc2c(nc(N)c(C#N)c2-c2ccccc2Br)-c2ccccc21. The van der Waals surface area contributed by atoms with E-state index in [1.807, 2.05) is 30.3 Å². The molecule has 4 heteroatoms. The zero-order chi connectivity index (χ0) is 18.5. The fraction of sp³-hybridized carbons (Fsp3) is 0.182. The van der Waals surface area contributed by atoms with Crippen LogP contribution in [0.25, 0.3) is 22.4 Å². The number of pyridine rings is 1. The molecule has 0 saturated heterocycles. The van der Waals surface area contributed by atoms with Crippen LogP contribution in [0.15, 0.2) is 53.0 Å². The Kier molecular flexibility index (Phi) is 3.86. The van der Waals surface area contributed by atoms with E-state index in [2.05, 4.69) is 59.0 Å². The third-order valence-corrected chi connectivity index (χ3v) is 5.80. The van der Waals surface area contributed by atoms with E-state index in [9.17, 15) is 5.26 Å². The lowest BCUT2D eigenvalue weighted by molar-refractivity contribution is 0.516. The van der Waals surface area contributed by atoms with Crippen molar-refractivity contribution in [3.8, 4) is 28.5 Å². The molecule has 0 atom stereocenters. The quantitative estimate of drug-likeness (QED) is 0.585. The molecule has 0 amide bonds. The molecule has 0 unspecified atom stereocenters. The van der Waals surface area contributed by atoms with Gasteiger partial charge in [0.05, 0.1) is 5.69 Å². The molecule has 0 bridgehead atoms. The zero-order valence-electron chi connectivity index (χ0n) is 14.7. The molecular formula is C22H18BrN3. The highest BCUT2D eigenvalue weighted by atomic mass is 79.9. The Morgan fingerprint density at radius 2 is 1.73 bits per heavy atom. The lowest BCUT2D eigenvalue weighted by Crippen LogP contribution is -2.27. The van der Waals surface area contributed by atoms with Crippen molar-refractivity contribution in [1.82, 2.24) is 4.98 Å². The first-order valence-electron chi connectivity index (χ1n) is 8.51. The predicted octanol–water partition coefficient (Wildman–Crippen LogP) is 5.47. The first-order valence-corrected chi connectivity index (χ1v) is 9.30. The number of aromatic nitrogens is 1. The number of rotatable bonds is 1. The highest BCUT2D eigenvalue weighted by Crippen LogP contribution is 2.47. The van der Waals surface area contributed by atoms with Gasteiger partial charge in [-0.1, -0.05) is 72.2 Å². The third kappa shape index (κ3) is 2.43. The van der Waals surface area contributed by atoms with Gasteiger partial charge in [0.15, 0.2) is 0 Å². The fourth-order valence-corrected chi connectivity index (χ4v) is 4.41. The summed E-state index contributed by atoms with van der Waals surface area (Å²) in [6, 6.07) is 18.6. The minimum atomic E-state index is -0.0515. The number of anilines is 1. The molecule has 0 fully saturated rings. The third-order valence-electron chi connectivity index (χ3n) is 5.11. The Morgan fingerprint density at radius 3 is 2.42 bits per heavy atom. The average molecular weight is 404 g/mol. The summed E-state index contributed by atoms with van der Waals surface area (Å²) in [5.74, 6) is 0.284. The summed E-state index contributed by atoms with van der Waals surface area (Å²) in [5, 5.41) is 9.79. The number of nitrogens with two attached hydrogens (primary N) is 1. The summed E-state index contributed by atoms with van der Waals surface area (Å²) in [6.07, 6.45) is 0.804. The molecule has 2 N–H and O–H groups in total. The van der Waals surface area contributed by atoms with E-state index < -0.39 is 0 Å². The molecule has 2 aromatic carbocycles. The molecule has 3 nitrogen and oxygen atoms in total. The van der Waals surface area contributed by atoms with Crippen LogP contribution in [-0.2, 0) is 11.8 Å². The first-order chi connectivity index (χ1) is 12.4. The molecule has 4 rings (SSSR count). The molecule has 3 aromatic rings. The van der Waals surface area contributed by atoms with Crippen LogP contribution in [0.1, 0.15) is 30.5 Å². The molecule has 0 saturated carbocycles. The number of halogens is 1. The summed E-state index contributed by atoms with van der Waals surface area (Å²) in [4.78, 5) is 4.65. The highest BCUT2D eigenvalue weighted by Gasteiger charge is 2.35. The lowest BCUT2D eigenvalue weighted by atomic mass is 9.70. The number of benzene rings is 2. The molecule has 1 heterocycles. The molecular weight excluding hydrogens is 386 g/mol. The lowest BCUT2D eigenvalue weighted by Gasteiger charge is -2.35. The molecule has 0 radical (unpaired) electrons. The standard InChI is InChI=1S/C22H18BrN3/c1-22(2)11-15-19(14-8-4-6-10-18(14)23)16(12-24)21(25)26-20(15)13-7-3-5-9-17(13)22/h3-10H,11H2,1-2H3,(H2,25,26). The summed E-state index contributed by atoms with van der Waals surface area (Å²) < 4.78 is 0.945. The van der Waals surface area contributed by atoms with Gasteiger partial charge in [-0.25, -0.2) is 4.98 Å². The van der Waals surface area contributed by atoms with Gasteiger partial charge in [-0.15, -0.1) is 0 Å². The Morgan fingerprint density at radius 1 is 1.08 bits per heavy atom. The van der Waals surface area contributed by atoms with Crippen LogP contribution in [0.2, 0.25) is 0 Å². The van der Waals surface area contributed by atoms with Crippen LogP contribution < -0.4 is 5.73 Å². The van der Waals surface area contributed by atoms with Gasteiger partial charge in [-0.05, 0) is 34.6 Å². The average Bonchev–Trinajstić information content (AvgIpc) is 2.62. The second kappa shape index (κ2) is 5.96. The molecule has 128 valence electrons. The van der Waals surface area contributed by atoms with E-state index in [0.717, 1.165) is 38.8 Å². The second-order valence-corrected chi connectivity index (χ2v) is 8.13. The van der Waals surface area contributed by atoms with Crippen molar-refractivity contribution in [1.29, 1.82) is 5.26 Å². The summed E-state index contributed by atoms with van der Waals surface area (Å²) in [6.45, 7) is 4.47. The monoisotopic (exact) mass is 403 g/mol. The molecule has 1 aliphatic rings. The molecule has 26 heavy (non-hydrogen) atoms. The predicted molar refractivity (Wildman–Crippen MR) is 109 cm³/mol. The number of hydrogen-bond acceptors (Lipinski definition) is 3. The van der Waals surface area contributed by atoms with Crippen molar-refractivity contribution in [2.45, 2.75) is 25.7 Å². The normalized spacial score (nSPS) is 14.2. The molecule has 0 aliphatic heterocycles. The van der Waals surface area contributed by atoms with Gasteiger partial charge >= 0.3 is 0 Å². The van der Waals surface area contributed by atoms with Gasteiger partial charge < -0.3 is 5.73 Å². The van der Waals surface area contributed by atoms with E-state index >= 15 is 0 Å². The van der Waals surface area contributed by atoms with Crippen molar-refractivity contribution in [3.05, 3.63) is 69.7 Å². The Bertz CT molecular complexity index is 1080. The summed E-state index contributed by atoms with van der Waals surface area (Å²) in [7, 11) is 0.